The Kier molecular flexibility index (Phi) is 8.95. The first-order valence-electron chi connectivity index (χ1n) is 3.68. The highest BCUT2D eigenvalue weighted by Crippen LogP contribution is 1.99. The number of hydrogen-bond donors (Lipinski definition) is 2. The van der Waals surface area contributed by atoms with E-state index in [2.05, 4.69) is 11.1 Å². The smallest absolute Gasteiger partial charge is 0.344 e. The molecule has 0 atom stereocenters. The van der Waals surface area contributed by atoms with Crippen LogP contribution in [-0.2, 0) is 14.6 Å². The highest BCUT2D eigenvalue weighted by atomic mass is 32.3. The zero-order valence-electron chi connectivity index (χ0n) is 7.32. The Hall–Kier alpha value is -0.170. The van der Waals surface area contributed by atoms with Gasteiger partial charge in [0.25, 0.3) is 0 Å². The molecular formula is C6H17NO4S. The summed E-state index contributed by atoms with van der Waals surface area (Å²) >= 11 is 0. The molecule has 0 fully saturated rings. The van der Waals surface area contributed by atoms with Crippen LogP contribution in [0.3, 0.4) is 0 Å². The van der Waals surface area contributed by atoms with Gasteiger partial charge in [-0.1, -0.05) is 26.2 Å². The van der Waals surface area contributed by atoms with Crippen molar-refractivity contribution in [2.45, 2.75) is 32.6 Å². The Labute approximate surface area is 73.7 Å². The molecule has 12 heavy (non-hydrogen) atoms. The average Bonchev–Trinajstić information content (AvgIpc) is 1.85. The molecule has 0 saturated carbocycles. The van der Waals surface area contributed by atoms with Gasteiger partial charge in [-0.15, -0.1) is 0 Å². The highest BCUT2D eigenvalue weighted by Gasteiger charge is 2.01. The first kappa shape index (κ1) is 14.4. The van der Waals surface area contributed by atoms with Crippen LogP contribution in [0.4, 0.5) is 0 Å². The molecule has 0 rings (SSSR count). The second-order valence-corrected chi connectivity index (χ2v) is 3.40. The van der Waals surface area contributed by atoms with Gasteiger partial charge in [-0.25, -0.2) is 4.18 Å². The fourth-order valence-corrected chi connectivity index (χ4v) is 1.02. The van der Waals surface area contributed by atoms with Crippen molar-refractivity contribution in [3.63, 3.8) is 0 Å². The fourth-order valence-electron chi connectivity index (χ4n) is 0.693. The number of unbranched alkanes of at least 4 members (excludes halogenated alkanes) is 3. The quantitative estimate of drug-likeness (QED) is 0.499. The normalized spacial score (nSPS) is 10.8. The second kappa shape index (κ2) is 7.48. The molecule has 0 bridgehead atoms. The standard InChI is InChI=1S/C6H14O4S.H3N/c1-2-3-4-5-6-10-11(7,8)9;/h2-6H2,1H3,(H,7,8,9);1H3. The third kappa shape index (κ3) is 12.5. The lowest BCUT2D eigenvalue weighted by Gasteiger charge is -1.98. The monoisotopic (exact) mass is 199 g/mol. The van der Waals surface area contributed by atoms with Crippen LogP contribution in [0.1, 0.15) is 32.6 Å². The molecular weight excluding hydrogens is 182 g/mol. The Morgan fingerprint density at radius 3 is 2.25 bits per heavy atom. The van der Waals surface area contributed by atoms with Gasteiger partial charge in [0.2, 0.25) is 0 Å². The summed E-state index contributed by atoms with van der Waals surface area (Å²) in [6, 6.07) is 0. The minimum Gasteiger partial charge on any atom is -0.344 e. The fraction of sp³-hybridized carbons (Fsp3) is 1.00. The van der Waals surface area contributed by atoms with Gasteiger partial charge in [-0.2, -0.15) is 8.42 Å². The lowest BCUT2D eigenvalue weighted by molar-refractivity contribution is 0.261. The minimum absolute atomic E-state index is 0. The maximum Gasteiger partial charge on any atom is 0.397 e. The van der Waals surface area contributed by atoms with Crippen LogP contribution in [-0.4, -0.2) is 19.6 Å². The van der Waals surface area contributed by atoms with E-state index in [1.165, 1.54) is 0 Å². The largest absolute Gasteiger partial charge is 0.397 e. The Balaban J connectivity index is 0. The predicted molar refractivity (Wildman–Crippen MR) is 46.7 cm³/mol. The SMILES string of the molecule is CCCCCCOS(=O)(=O)O.N. The van der Waals surface area contributed by atoms with Crippen LogP contribution >= 0.6 is 0 Å². The zero-order chi connectivity index (χ0) is 8.74. The van der Waals surface area contributed by atoms with Crippen LogP contribution in [0.2, 0.25) is 0 Å². The molecule has 4 N–H and O–H groups in total. The zero-order valence-corrected chi connectivity index (χ0v) is 8.14. The van der Waals surface area contributed by atoms with E-state index in [9.17, 15) is 8.42 Å². The molecule has 5 nitrogen and oxygen atoms in total. The van der Waals surface area contributed by atoms with E-state index in [1.54, 1.807) is 0 Å². The Morgan fingerprint density at radius 2 is 1.83 bits per heavy atom. The van der Waals surface area contributed by atoms with E-state index in [0.29, 0.717) is 6.42 Å². The molecule has 0 spiro atoms. The molecule has 0 aliphatic heterocycles. The summed E-state index contributed by atoms with van der Waals surface area (Å²) in [7, 11) is -4.21. The third-order valence-corrected chi connectivity index (χ3v) is 1.69. The van der Waals surface area contributed by atoms with Gasteiger partial charge in [0.15, 0.2) is 0 Å². The van der Waals surface area contributed by atoms with Gasteiger partial charge in [0.05, 0.1) is 6.61 Å². The van der Waals surface area contributed by atoms with Gasteiger partial charge >= 0.3 is 10.4 Å². The predicted octanol–water partition coefficient (Wildman–Crippen LogP) is 1.55. The maximum absolute atomic E-state index is 10.00. The summed E-state index contributed by atoms with van der Waals surface area (Å²) in [4.78, 5) is 0. The van der Waals surface area contributed by atoms with E-state index in [-0.39, 0.29) is 12.8 Å². The molecule has 0 aromatic rings. The summed E-state index contributed by atoms with van der Waals surface area (Å²) < 4.78 is 32.2. The molecule has 6 heteroatoms. The summed E-state index contributed by atoms with van der Waals surface area (Å²) in [5.74, 6) is 0. The topological polar surface area (TPSA) is 98.6 Å². The molecule has 76 valence electrons. The third-order valence-electron chi connectivity index (χ3n) is 1.23. The molecule has 0 aliphatic carbocycles. The molecule has 0 amide bonds. The van der Waals surface area contributed by atoms with Crippen LogP contribution in [0.5, 0.6) is 0 Å². The average molecular weight is 199 g/mol. The maximum atomic E-state index is 10.00. The Morgan fingerprint density at radius 1 is 1.25 bits per heavy atom. The van der Waals surface area contributed by atoms with Crippen molar-refractivity contribution in [1.82, 2.24) is 6.15 Å². The molecule has 0 radical (unpaired) electrons. The Bertz CT molecular complexity index is 178. The summed E-state index contributed by atoms with van der Waals surface area (Å²) in [6.07, 6.45) is 3.76. The summed E-state index contributed by atoms with van der Waals surface area (Å²) in [5, 5.41) is 0. The highest BCUT2D eigenvalue weighted by molar-refractivity contribution is 7.80. The van der Waals surface area contributed by atoms with Crippen molar-refractivity contribution in [2.24, 2.45) is 0 Å². The van der Waals surface area contributed by atoms with Crippen molar-refractivity contribution < 1.29 is 17.2 Å². The van der Waals surface area contributed by atoms with Gasteiger partial charge in [0.1, 0.15) is 0 Å². The van der Waals surface area contributed by atoms with Crippen LogP contribution < -0.4 is 6.15 Å². The lowest BCUT2D eigenvalue weighted by atomic mass is 10.2. The van der Waals surface area contributed by atoms with Crippen LogP contribution in [0.25, 0.3) is 0 Å². The molecule has 0 unspecified atom stereocenters. The van der Waals surface area contributed by atoms with E-state index < -0.39 is 10.4 Å². The van der Waals surface area contributed by atoms with Crippen molar-refractivity contribution in [3.05, 3.63) is 0 Å². The van der Waals surface area contributed by atoms with Crippen molar-refractivity contribution >= 4 is 10.4 Å². The first-order chi connectivity index (χ1) is 5.06. The van der Waals surface area contributed by atoms with E-state index in [1.807, 2.05) is 0 Å². The van der Waals surface area contributed by atoms with Crippen molar-refractivity contribution in [2.75, 3.05) is 6.61 Å². The molecule has 0 saturated heterocycles. The van der Waals surface area contributed by atoms with E-state index >= 15 is 0 Å². The lowest BCUT2D eigenvalue weighted by Crippen LogP contribution is -2.04. The minimum atomic E-state index is -4.21. The summed E-state index contributed by atoms with van der Waals surface area (Å²) in [5.41, 5.74) is 0. The van der Waals surface area contributed by atoms with Gasteiger partial charge in [-0.3, -0.25) is 4.55 Å². The van der Waals surface area contributed by atoms with Crippen molar-refractivity contribution in [1.29, 1.82) is 0 Å². The van der Waals surface area contributed by atoms with Gasteiger partial charge < -0.3 is 6.15 Å². The number of rotatable bonds is 6. The van der Waals surface area contributed by atoms with E-state index in [4.69, 9.17) is 4.55 Å². The van der Waals surface area contributed by atoms with Gasteiger partial charge in [-0.05, 0) is 6.42 Å². The molecule has 0 heterocycles. The van der Waals surface area contributed by atoms with E-state index in [0.717, 1.165) is 19.3 Å². The van der Waals surface area contributed by atoms with Crippen LogP contribution in [0, 0.1) is 0 Å². The molecule has 0 aromatic heterocycles. The molecule has 0 aliphatic rings. The number of hydrogen-bond acceptors (Lipinski definition) is 4. The van der Waals surface area contributed by atoms with Crippen molar-refractivity contribution in [3.8, 4) is 0 Å². The second-order valence-electron chi connectivity index (χ2n) is 2.31. The molecule has 0 aromatic carbocycles. The van der Waals surface area contributed by atoms with Crippen LogP contribution in [0.15, 0.2) is 0 Å². The summed E-state index contributed by atoms with van der Waals surface area (Å²) in [6.45, 7) is 2.14. The first-order valence-corrected chi connectivity index (χ1v) is 5.04. The van der Waals surface area contributed by atoms with Gasteiger partial charge in [0, 0.05) is 0 Å².